The third-order valence-electron chi connectivity index (χ3n) is 7.29. The molecule has 1 aliphatic carbocycles. The lowest BCUT2D eigenvalue weighted by molar-refractivity contribution is -0.158. The zero-order valence-corrected chi connectivity index (χ0v) is 19.4. The van der Waals surface area contributed by atoms with Crippen LogP contribution in [0, 0.1) is 5.92 Å². The number of esters is 1. The van der Waals surface area contributed by atoms with Gasteiger partial charge in [-0.2, -0.15) is 0 Å². The Bertz CT molecular complexity index is 667. The third-order valence-corrected chi connectivity index (χ3v) is 14.0. The van der Waals surface area contributed by atoms with Crippen molar-refractivity contribution in [2.45, 2.75) is 81.8 Å². The second kappa shape index (κ2) is 9.14. The van der Waals surface area contributed by atoms with Crippen molar-refractivity contribution < 1.29 is 24.5 Å². The summed E-state index contributed by atoms with van der Waals surface area (Å²) in [6.45, 7) is 11.5. The second-order valence-electron chi connectivity index (χ2n) is 9.99. The van der Waals surface area contributed by atoms with Gasteiger partial charge < -0.3 is 20.3 Å². The van der Waals surface area contributed by atoms with Crippen LogP contribution in [-0.2, 0) is 14.3 Å². The van der Waals surface area contributed by atoms with Gasteiger partial charge in [-0.15, -0.1) is 0 Å². The minimum atomic E-state index is -1.87. The van der Waals surface area contributed by atoms with Crippen molar-refractivity contribution >= 4 is 20.0 Å². The van der Waals surface area contributed by atoms with Gasteiger partial charge in [0.25, 0.3) is 0 Å². The maximum Gasteiger partial charge on any atom is 0.329 e. The zero-order chi connectivity index (χ0) is 21.9. The molecule has 2 unspecified atom stereocenters. The van der Waals surface area contributed by atoms with Crippen molar-refractivity contribution in [1.29, 1.82) is 0 Å². The molecule has 1 aliphatic heterocycles. The molecule has 164 valence electrons. The molecular weight excluding hydrogens is 386 g/mol. The summed E-state index contributed by atoms with van der Waals surface area (Å²) in [7, 11) is -1.87. The molecule has 2 aliphatic rings. The summed E-state index contributed by atoms with van der Waals surface area (Å²) in [5, 5.41) is 21.0. The Balaban J connectivity index is 2.01. The highest BCUT2D eigenvalue weighted by Gasteiger charge is 2.53. The number of aliphatic hydroxyl groups excluding tert-OH is 2. The highest BCUT2D eigenvalue weighted by molar-refractivity contribution is 6.83. The van der Waals surface area contributed by atoms with Crippen LogP contribution in [0.2, 0.25) is 23.2 Å². The van der Waals surface area contributed by atoms with E-state index in [1.54, 1.807) is 0 Å². The Morgan fingerprint density at radius 3 is 2.59 bits per heavy atom. The summed E-state index contributed by atoms with van der Waals surface area (Å²) >= 11 is 0. The molecule has 1 fully saturated rings. The minimum Gasteiger partial charge on any atom is -0.464 e. The average molecular weight is 424 g/mol. The Labute approximate surface area is 175 Å². The monoisotopic (exact) mass is 423 g/mol. The molecule has 6 nitrogen and oxygen atoms in total. The molecule has 0 spiro atoms. The number of aliphatic hydroxyl groups is 2. The molecule has 1 saturated heterocycles. The van der Waals surface area contributed by atoms with E-state index in [4.69, 9.17) is 9.84 Å². The van der Waals surface area contributed by atoms with Crippen molar-refractivity contribution in [2.24, 2.45) is 5.92 Å². The molecule has 0 aromatic carbocycles. The van der Waals surface area contributed by atoms with E-state index in [1.165, 1.54) is 0 Å². The largest absolute Gasteiger partial charge is 0.464 e. The van der Waals surface area contributed by atoms with E-state index in [2.05, 4.69) is 57.4 Å². The van der Waals surface area contributed by atoms with Crippen LogP contribution < -0.4 is 5.32 Å². The molecule has 29 heavy (non-hydrogen) atoms. The summed E-state index contributed by atoms with van der Waals surface area (Å²) in [4.78, 5) is 24.6. The number of carbonyl (C=O) groups is 2. The molecule has 0 bridgehead atoms. The molecule has 7 heteroatoms. The van der Waals surface area contributed by atoms with Gasteiger partial charge in [-0.1, -0.05) is 58.2 Å². The number of nitrogens with one attached hydrogen (secondary N) is 1. The first-order valence-electron chi connectivity index (χ1n) is 10.6. The van der Waals surface area contributed by atoms with E-state index in [0.717, 1.165) is 6.42 Å². The third kappa shape index (κ3) is 5.01. The Morgan fingerprint density at radius 1 is 1.38 bits per heavy atom. The molecule has 0 aromatic rings. The van der Waals surface area contributed by atoms with Gasteiger partial charge in [-0.3, -0.25) is 4.79 Å². The number of rotatable bonds is 9. The standard InChI is InChI=1S/C22H37NO5Si/c1-21(2,3)29(4,5)22(12-7-6-8-13-22)15-28-20(27)18-17(19(26)23-18)11-9-10-16(25)14-24/h6-8,12,16-18,24-25H,9-11,13-15H2,1-5H3,(H,23,26)/t16?,17-,18+,22?/m1/s1. The number of amides is 1. The molecular formula is C22H37NO5Si. The van der Waals surface area contributed by atoms with Gasteiger partial charge in [0, 0.05) is 5.04 Å². The number of carbonyl (C=O) groups excluding carboxylic acids is 2. The molecule has 1 amide bonds. The van der Waals surface area contributed by atoms with Crippen LogP contribution in [0.1, 0.15) is 46.5 Å². The topological polar surface area (TPSA) is 95.9 Å². The maximum atomic E-state index is 12.7. The number of ether oxygens (including phenoxy) is 1. The molecule has 0 radical (unpaired) electrons. The van der Waals surface area contributed by atoms with Crippen molar-refractivity contribution in [1.82, 2.24) is 5.32 Å². The van der Waals surface area contributed by atoms with Gasteiger partial charge >= 0.3 is 5.97 Å². The summed E-state index contributed by atoms with van der Waals surface area (Å²) in [5.41, 5.74) is 0. The summed E-state index contributed by atoms with van der Waals surface area (Å²) in [6.07, 6.45) is 10.0. The van der Waals surface area contributed by atoms with Crippen LogP contribution in [0.4, 0.5) is 0 Å². The van der Waals surface area contributed by atoms with E-state index in [0.29, 0.717) is 25.9 Å². The van der Waals surface area contributed by atoms with Crippen molar-refractivity contribution in [3.63, 3.8) is 0 Å². The van der Waals surface area contributed by atoms with Crippen LogP contribution in [-0.4, -0.2) is 55.5 Å². The number of β-lactam (4-membered cyclic amide) rings is 1. The van der Waals surface area contributed by atoms with Crippen LogP contribution in [0.15, 0.2) is 24.3 Å². The summed E-state index contributed by atoms with van der Waals surface area (Å²) in [6, 6.07) is -0.617. The quantitative estimate of drug-likeness (QED) is 0.301. The number of hydrogen-bond donors (Lipinski definition) is 3. The van der Waals surface area contributed by atoms with Crippen LogP contribution in [0.3, 0.4) is 0 Å². The van der Waals surface area contributed by atoms with E-state index < -0.39 is 26.1 Å². The van der Waals surface area contributed by atoms with Crippen molar-refractivity contribution in [3.05, 3.63) is 24.3 Å². The molecule has 0 saturated carbocycles. The van der Waals surface area contributed by atoms with Gasteiger partial charge in [0.2, 0.25) is 5.91 Å². The first-order chi connectivity index (χ1) is 13.4. The van der Waals surface area contributed by atoms with Crippen molar-refractivity contribution in [3.8, 4) is 0 Å². The molecule has 1 heterocycles. The molecule has 2 rings (SSSR count). The fourth-order valence-corrected chi connectivity index (χ4v) is 7.12. The fraction of sp³-hybridized carbons (Fsp3) is 0.727. The summed E-state index contributed by atoms with van der Waals surface area (Å²) < 4.78 is 5.80. The van der Waals surface area contributed by atoms with Gasteiger partial charge in [-0.05, 0) is 30.7 Å². The van der Waals surface area contributed by atoms with E-state index in [1.807, 2.05) is 6.08 Å². The van der Waals surface area contributed by atoms with Crippen molar-refractivity contribution in [2.75, 3.05) is 13.2 Å². The predicted molar refractivity (Wildman–Crippen MR) is 116 cm³/mol. The van der Waals surface area contributed by atoms with Gasteiger partial charge in [-0.25, -0.2) is 4.79 Å². The number of hydrogen-bond acceptors (Lipinski definition) is 5. The minimum absolute atomic E-state index is 0.135. The first kappa shape index (κ1) is 23.8. The number of allylic oxidation sites excluding steroid dienone is 3. The predicted octanol–water partition coefficient (Wildman–Crippen LogP) is 2.93. The maximum absolute atomic E-state index is 12.7. The molecule has 4 atom stereocenters. The fourth-order valence-electron chi connectivity index (χ4n) is 4.05. The summed E-state index contributed by atoms with van der Waals surface area (Å²) in [5.74, 6) is -0.942. The molecule has 0 aromatic heterocycles. The van der Waals surface area contributed by atoms with Gasteiger partial charge in [0.15, 0.2) is 0 Å². The zero-order valence-electron chi connectivity index (χ0n) is 18.4. The van der Waals surface area contributed by atoms with Crippen LogP contribution in [0.25, 0.3) is 0 Å². The lowest BCUT2D eigenvalue weighted by Crippen LogP contribution is -2.62. The van der Waals surface area contributed by atoms with Gasteiger partial charge in [0.05, 0.1) is 33.3 Å². The Morgan fingerprint density at radius 2 is 2.07 bits per heavy atom. The highest BCUT2D eigenvalue weighted by Crippen LogP contribution is 2.55. The smallest absolute Gasteiger partial charge is 0.329 e. The van der Waals surface area contributed by atoms with E-state index in [-0.39, 0.29) is 28.6 Å². The van der Waals surface area contributed by atoms with E-state index >= 15 is 0 Å². The van der Waals surface area contributed by atoms with Crippen LogP contribution in [0.5, 0.6) is 0 Å². The normalized spacial score (nSPS) is 27.9. The Hall–Kier alpha value is -1.44. The first-order valence-corrected chi connectivity index (χ1v) is 13.6. The Kier molecular flexibility index (Phi) is 7.51. The second-order valence-corrected chi connectivity index (χ2v) is 15.7. The highest BCUT2D eigenvalue weighted by atomic mass is 28.3. The molecule has 3 N–H and O–H groups in total. The van der Waals surface area contributed by atoms with Crippen LogP contribution >= 0.6 is 0 Å². The van der Waals surface area contributed by atoms with Gasteiger partial charge in [0.1, 0.15) is 6.04 Å². The lowest BCUT2D eigenvalue weighted by Gasteiger charge is -2.51. The SMILES string of the molecule is CC(C)(C)[Si](C)(C)C1(COC(=O)[C@H]2NC(=O)[C@@H]2CCCC(O)CO)C=CC=CC1. The average Bonchev–Trinajstić information content (AvgIpc) is 2.66. The van der Waals surface area contributed by atoms with E-state index in [9.17, 15) is 14.7 Å². The lowest BCUT2D eigenvalue weighted by atomic mass is 9.85.